The number of aromatic nitrogens is 4. The normalized spacial score (nSPS) is 15.2. The van der Waals surface area contributed by atoms with Crippen LogP contribution >= 0.6 is 11.6 Å². The van der Waals surface area contributed by atoms with Gasteiger partial charge in [-0.3, -0.25) is 4.79 Å². The van der Waals surface area contributed by atoms with Crippen molar-refractivity contribution in [1.82, 2.24) is 19.3 Å². The van der Waals surface area contributed by atoms with Crippen molar-refractivity contribution in [2.45, 2.75) is 38.9 Å². The molecule has 4 rings (SSSR count). The Labute approximate surface area is 175 Å². The summed E-state index contributed by atoms with van der Waals surface area (Å²) >= 11 is 5.96. The first-order chi connectivity index (χ1) is 14.2. The van der Waals surface area contributed by atoms with Crippen LogP contribution in [0, 0.1) is 6.92 Å². The third-order valence-electron chi connectivity index (χ3n) is 5.25. The summed E-state index contributed by atoms with van der Waals surface area (Å²) in [6, 6.07) is 6.37. The van der Waals surface area contributed by atoms with Crippen molar-refractivity contribution in [3.63, 3.8) is 0 Å². The number of carbonyl (C=O) groups excluding carboxylic acids is 1. The minimum Gasteiger partial charge on any atom is -0.322 e. The minimum absolute atomic E-state index is 0.136. The van der Waals surface area contributed by atoms with E-state index < -0.39 is 17.9 Å². The van der Waals surface area contributed by atoms with Crippen LogP contribution in [0.15, 0.2) is 36.7 Å². The molecule has 0 saturated carbocycles. The summed E-state index contributed by atoms with van der Waals surface area (Å²) in [5.74, 6) is -0.168. The van der Waals surface area contributed by atoms with Crippen molar-refractivity contribution in [2.75, 3.05) is 11.4 Å². The topological polar surface area (TPSA) is 56.0 Å². The molecule has 0 N–H and O–H groups in total. The number of hydrogen-bond donors (Lipinski definition) is 0. The molecule has 0 saturated heterocycles. The number of halogens is 4. The molecule has 10 heteroatoms. The lowest BCUT2D eigenvalue weighted by Gasteiger charge is -2.30. The van der Waals surface area contributed by atoms with Crippen LogP contribution in [0.1, 0.15) is 36.6 Å². The zero-order chi connectivity index (χ0) is 21.6. The van der Waals surface area contributed by atoms with Crippen molar-refractivity contribution in [3.05, 3.63) is 58.9 Å². The first-order valence-electron chi connectivity index (χ1n) is 9.43. The minimum atomic E-state index is -4.56. The largest absolute Gasteiger partial charge is 0.434 e. The van der Waals surface area contributed by atoms with E-state index in [1.165, 1.54) is 11.5 Å². The van der Waals surface area contributed by atoms with E-state index in [0.29, 0.717) is 17.3 Å². The average molecular weight is 438 g/mol. The molecule has 0 spiro atoms. The van der Waals surface area contributed by atoms with Gasteiger partial charge in [0.25, 0.3) is 0 Å². The zero-order valence-corrected chi connectivity index (χ0v) is 17.1. The number of imidazole rings is 1. The Hall–Kier alpha value is -2.81. The molecule has 158 valence electrons. The van der Waals surface area contributed by atoms with Crippen molar-refractivity contribution in [2.24, 2.45) is 0 Å². The maximum atomic E-state index is 13.2. The molecular weight excluding hydrogens is 419 g/mol. The molecule has 1 amide bonds. The van der Waals surface area contributed by atoms with Crippen LogP contribution in [0.5, 0.6) is 0 Å². The number of benzene rings is 1. The number of anilines is 1. The maximum Gasteiger partial charge on any atom is 0.434 e. The lowest BCUT2D eigenvalue weighted by Crippen LogP contribution is -2.39. The molecule has 0 bridgehead atoms. The van der Waals surface area contributed by atoms with Crippen LogP contribution in [0.2, 0.25) is 5.02 Å². The van der Waals surface area contributed by atoms with Gasteiger partial charge in [0.05, 0.1) is 23.3 Å². The molecular formula is C20H19ClF3N5O. The van der Waals surface area contributed by atoms with Crippen LogP contribution in [-0.2, 0) is 17.4 Å². The van der Waals surface area contributed by atoms with Crippen LogP contribution in [0.4, 0.5) is 18.9 Å². The molecule has 1 atom stereocenters. The summed E-state index contributed by atoms with van der Waals surface area (Å²) in [7, 11) is 0. The van der Waals surface area contributed by atoms with E-state index in [4.69, 9.17) is 11.6 Å². The molecule has 30 heavy (non-hydrogen) atoms. The molecule has 2 aromatic heterocycles. The van der Waals surface area contributed by atoms with Crippen molar-refractivity contribution >= 4 is 23.2 Å². The van der Waals surface area contributed by atoms with E-state index in [1.807, 2.05) is 12.1 Å². The second-order valence-corrected chi connectivity index (χ2v) is 7.65. The third kappa shape index (κ3) is 3.58. The number of hydrogen-bond acceptors (Lipinski definition) is 3. The summed E-state index contributed by atoms with van der Waals surface area (Å²) in [5.41, 5.74) is 1.36. The summed E-state index contributed by atoms with van der Waals surface area (Å²) in [5, 5.41) is 5.04. The third-order valence-corrected chi connectivity index (χ3v) is 5.50. The van der Waals surface area contributed by atoms with E-state index in [9.17, 15) is 18.0 Å². The van der Waals surface area contributed by atoms with Gasteiger partial charge in [0.2, 0.25) is 5.91 Å². The first-order valence-corrected chi connectivity index (χ1v) is 9.81. The SMILES string of the molecule is Cc1nc(C(F)(F)F)cn1C(C)C(=O)N1CCCc2c1cnn2-c1ccc(Cl)cc1. The van der Waals surface area contributed by atoms with Crippen molar-refractivity contribution in [1.29, 1.82) is 0 Å². The molecule has 3 aromatic rings. The van der Waals surface area contributed by atoms with Crippen LogP contribution in [0.25, 0.3) is 5.69 Å². The lowest BCUT2D eigenvalue weighted by molar-refractivity contribution is -0.141. The standard InChI is InChI=1S/C20H19ClF3N5O/c1-12(28-11-18(20(22,23)24)26-13(28)2)19(30)27-9-3-4-16-17(27)10-25-29(16)15-7-5-14(21)6-8-15/h5-8,10-12H,3-4,9H2,1-2H3. The highest BCUT2D eigenvalue weighted by molar-refractivity contribution is 6.30. The summed E-state index contributed by atoms with van der Waals surface area (Å²) in [6.45, 7) is 3.51. The second-order valence-electron chi connectivity index (χ2n) is 7.21. The van der Waals surface area contributed by atoms with E-state index in [-0.39, 0.29) is 11.7 Å². The van der Waals surface area contributed by atoms with Crippen LogP contribution in [-0.4, -0.2) is 31.8 Å². The quantitative estimate of drug-likeness (QED) is 0.602. The van der Waals surface area contributed by atoms with Gasteiger partial charge in [-0.1, -0.05) is 11.6 Å². The molecule has 1 aliphatic rings. The molecule has 0 radical (unpaired) electrons. The van der Waals surface area contributed by atoms with Crippen LogP contribution in [0.3, 0.4) is 0 Å². The molecule has 1 aliphatic heterocycles. The van der Waals surface area contributed by atoms with Gasteiger partial charge in [-0.2, -0.15) is 18.3 Å². The van der Waals surface area contributed by atoms with Gasteiger partial charge >= 0.3 is 6.18 Å². The van der Waals surface area contributed by atoms with E-state index in [1.54, 1.807) is 34.8 Å². The highest BCUT2D eigenvalue weighted by atomic mass is 35.5. The number of amides is 1. The molecule has 0 aliphatic carbocycles. The Kier molecular flexibility index (Phi) is 5.09. The molecule has 0 fully saturated rings. The number of nitrogens with zero attached hydrogens (tertiary/aromatic N) is 5. The van der Waals surface area contributed by atoms with Gasteiger partial charge in [0.15, 0.2) is 5.69 Å². The van der Waals surface area contributed by atoms with E-state index in [0.717, 1.165) is 30.4 Å². The van der Waals surface area contributed by atoms with Crippen molar-refractivity contribution < 1.29 is 18.0 Å². The lowest BCUT2D eigenvalue weighted by atomic mass is 10.1. The monoisotopic (exact) mass is 437 g/mol. The fourth-order valence-electron chi connectivity index (χ4n) is 3.74. The predicted octanol–water partition coefficient (Wildman–Crippen LogP) is 4.59. The zero-order valence-electron chi connectivity index (χ0n) is 16.3. The van der Waals surface area contributed by atoms with Gasteiger partial charge in [-0.05, 0) is 51.0 Å². The summed E-state index contributed by atoms with van der Waals surface area (Å²) in [6.07, 6.45) is -0.591. The van der Waals surface area contributed by atoms with E-state index >= 15 is 0 Å². The predicted molar refractivity (Wildman–Crippen MR) is 106 cm³/mol. The molecule has 1 aromatic carbocycles. The number of alkyl halides is 3. The van der Waals surface area contributed by atoms with E-state index in [2.05, 4.69) is 10.1 Å². The number of carbonyl (C=O) groups is 1. The second kappa shape index (κ2) is 7.46. The Balaban J connectivity index is 1.64. The van der Waals surface area contributed by atoms with Gasteiger partial charge in [-0.15, -0.1) is 0 Å². The smallest absolute Gasteiger partial charge is 0.322 e. The Morgan fingerprint density at radius 3 is 2.57 bits per heavy atom. The fraction of sp³-hybridized carbons (Fsp3) is 0.350. The summed E-state index contributed by atoms with van der Waals surface area (Å²) in [4.78, 5) is 18.4. The number of rotatable bonds is 3. The summed E-state index contributed by atoms with van der Waals surface area (Å²) < 4.78 is 42.0. The Morgan fingerprint density at radius 1 is 1.23 bits per heavy atom. The van der Waals surface area contributed by atoms with Gasteiger partial charge < -0.3 is 9.47 Å². The molecule has 1 unspecified atom stereocenters. The maximum absolute atomic E-state index is 13.2. The molecule has 6 nitrogen and oxygen atoms in total. The van der Waals surface area contributed by atoms with Gasteiger partial charge in [0.1, 0.15) is 11.9 Å². The first kappa shape index (κ1) is 20.5. The number of aryl methyl sites for hydroxylation is 1. The van der Waals surface area contributed by atoms with Gasteiger partial charge in [0, 0.05) is 17.8 Å². The highest BCUT2D eigenvalue weighted by Crippen LogP contribution is 2.33. The fourth-order valence-corrected chi connectivity index (χ4v) is 3.87. The van der Waals surface area contributed by atoms with Crippen LogP contribution < -0.4 is 4.90 Å². The number of fused-ring (bicyclic) bond motifs is 1. The van der Waals surface area contributed by atoms with Crippen molar-refractivity contribution in [3.8, 4) is 5.69 Å². The Bertz CT molecular complexity index is 1090. The highest BCUT2D eigenvalue weighted by Gasteiger charge is 2.36. The Morgan fingerprint density at radius 2 is 1.93 bits per heavy atom. The molecule has 3 heterocycles. The average Bonchev–Trinajstić information content (AvgIpc) is 3.31. The van der Waals surface area contributed by atoms with Gasteiger partial charge in [-0.25, -0.2) is 9.67 Å².